The van der Waals surface area contributed by atoms with Gasteiger partial charge >= 0.3 is 6.02 Å². The van der Waals surface area contributed by atoms with Gasteiger partial charge in [-0.25, -0.2) is 12.8 Å². The number of aliphatic hydroxyl groups excluding tert-OH is 1. The highest BCUT2D eigenvalue weighted by Crippen LogP contribution is 2.47. The Hall–Kier alpha value is -2.65. The Morgan fingerprint density at radius 1 is 1.15 bits per heavy atom. The number of amidine groups is 1. The zero-order valence-corrected chi connectivity index (χ0v) is 20.6. The van der Waals surface area contributed by atoms with Crippen molar-refractivity contribution in [2.24, 2.45) is 4.40 Å². The first-order valence-corrected chi connectivity index (χ1v) is 13.0. The molecule has 2 heterocycles. The van der Waals surface area contributed by atoms with Crippen molar-refractivity contribution in [3.63, 3.8) is 0 Å². The van der Waals surface area contributed by atoms with Crippen LogP contribution in [0.25, 0.3) is 0 Å². The molecule has 2 N–H and O–H groups in total. The Kier molecular flexibility index (Phi) is 6.61. The van der Waals surface area contributed by atoms with Crippen LogP contribution in [0.4, 0.5) is 10.1 Å². The minimum atomic E-state index is -4.10. The fourth-order valence-electron chi connectivity index (χ4n) is 4.74. The topological polar surface area (TPSA) is 91.2 Å². The van der Waals surface area contributed by atoms with Gasteiger partial charge in [0, 0.05) is 30.9 Å². The molecule has 34 heavy (non-hydrogen) atoms. The number of anilines is 1. The monoisotopic (exact) mass is 489 g/mol. The molecule has 2 aromatic rings. The lowest BCUT2D eigenvalue weighted by atomic mass is 9.84. The van der Waals surface area contributed by atoms with Crippen LogP contribution in [0.3, 0.4) is 0 Å². The number of rotatable bonds is 6. The van der Waals surface area contributed by atoms with Crippen molar-refractivity contribution in [3.8, 4) is 0 Å². The molecule has 0 amide bonds. The van der Waals surface area contributed by atoms with E-state index >= 15 is 0 Å². The SMILES string of the molecule is CC1(C)OC(N[C@@H](CCO)c2ccccc2F)=NS(=O)(=O)C1(C)c1cccc(N2CCCC2)c1. The summed E-state index contributed by atoms with van der Waals surface area (Å²) in [5.74, 6) is -0.462. The van der Waals surface area contributed by atoms with E-state index in [0.717, 1.165) is 31.6 Å². The van der Waals surface area contributed by atoms with Gasteiger partial charge in [-0.05, 0) is 63.8 Å². The lowest BCUT2D eigenvalue weighted by Crippen LogP contribution is -2.58. The van der Waals surface area contributed by atoms with E-state index in [-0.39, 0.29) is 19.0 Å². The van der Waals surface area contributed by atoms with Gasteiger partial charge in [0.05, 0.1) is 6.04 Å². The number of halogens is 1. The molecule has 0 bridgehead atoms. The van der Waals surface area contributed by atoms with E-state index in [1.54, 1.807) is 45.0 Å². The molecule has 7 nitrogen and oxygen atoms in total. The Morgan fingerprint density at radius 3 is 2.50 bits per heavy atom. The molecule has 2 aliphatic heterocycles. The first-order valence-electron chi connectivity index (χ1n) is 11.6. The van der Waals surface area contributed by atoms with Crippen LogP contribution < -0.4 is 10.2 Å². The van der Waals surface area contributed by atoms with Gasteiger partial charge in [-0.15, -0.1) is 4.40 Å². The molecular weight excluding hydrogens is 457 g/mol. The molecule has 2 aromatic carbocycles. The normalized spacial score (nSPS) is 24.3. The zero-order chi connectivity index (χ0) is 24.6. The maximum absolute atomic E-state index is 14.4. The molecule has 1 saturated heterocycles. The fraction of sp³-hybridized carbons (Fsp3) is 0.480. The number of nitrogens with one attached hydrogen (secondary N) is 1. The van der Waals surface area contributed by atoms with Gasteiger partial charge in [-0.2, -0.15) is 0 Å². The Balaban J connectivity index is 1.70. The molecule has 184 valence electrons. The van der Waals surface area contributed by atoms with Gasteiger partial charge in [0.2, 0.25) is 0 Å². The number of nitrogens with zero attached hydrogens (tertiary/aromatic N) is 2. The van der Waals surface area contributed by atoms with Crippen molar-refractivity contribution >= 4 is 21.7 Å². The van der Waals surface area contributed by atoms with Crippen LogP contribution in [0.15, 0.2) is 52.9 Å². The van der Waals surface area contributed by atoms with Crippen molar-refractivity contribution in [2.75, 3.05) is 24.6 Å². The minimum Gasteiger partial charge on any atom is -0.456 e. The highest BCUT2D eigenvalue weighted by atomic mass is 32.2. The maximum Gasteiger partial charge on any atom is 0.301 e. The molecule has 4 rings (SSSR count). The van der Waals surface area contributed by atoms with Gasteiger partial charge in [-0.1, -0.05) is 30.3 Å². The van der Waals surface area contributed by atoms with Gasteiger partial charge < -0.3 is 20.1 Å². The van der Waals surface area contributed by atoms with Crippen LogP contribution in [0.2, 0.25) is 0 Å². The molecule has 0 aliphatic carbocycles. The zero-order valence-electron chi connectivity index (χ0n) is 19.8. The Bertz CT molecular complexity index is 1180. The van der Waals surface area contributed by atoms with E-state index < -0.39 is 32.2 Å². The third-order valence-electron chi connectivity index (χ3n) is 7.08. The van der Waals surface area contributed by atoms with Gasteiger partial charge in [0.25, 0.3) is 10.0 Å². The predicted octanol–water partition coefficient (Wildman–Crippen LogP) is 3.85. The summed E-state index contributed by atoms with van der Waals surface area (Å²) in [6.45, 7) is 6.73. The van der Waals surface area contributed by atoms with Crippen molar-refractivity contribution < 1.29 is 22.7 Å². The third-order valence-corrected chi connectivity index (χ3v) is 9.25. The smallest absolute Gasteiger partial charge is 0.301 e. The van der Waals surface area contributed by atoms with Gasteiger partial charge in [0.1, 0.15) is 11.4 Å². The van der Waals surface area contributed by atoms with Gasteiger partial charge in [0.15, 0.2) is 4.75 Å². The van der Waals surface area contributed by atoms with Crippen molar-refractivity contribution in [2.45, 2.75) is 56.4 Å². The highest BCUT2D eigenvalue weighted by Gasteiger charge is 2.58. The number of benzene rings is 2. The Labute approximate surface area is 200 Å². The predicted molar refractivity (Wildman–Crippen MR) is 131 cm³/mol. The summed E-state index contributed by atoms with van der Waals surface area (Å²) < 4.78 is 50.4. The molecule has 9 heteroatoms. The van der Waals surface area contributed by atoms with E-state index in [2.05, 4.69) is 14.6 Å². The summed E-state index contributed by atoms with van der Waals surface area (Å²) in [5, 5.41) is 12.4. The molecule has 0 spiro atoms. The van der Waals surface area contributed by atoms with E-state index in [1.165, 1.54) is 6.07 Å². The van der Waals surface area contributed by atoms with E-state index in [0.29, 0.717) is 11.1 Å². The fourth-order valence-corrected chi connectivity index (χ4v) is 6.32. The van der Waals surface area contributed by atoms with Crippen LogP contribution in [0.1, 0.15) is 57.2 Å². The lowest BCUT2D eigenvalue weighted by Gasteiger charge is -2.45. The molecule has 2 aliphatic rings. The molecule has 2 atom stereocenters. The first kappa shape index (κ1) is 24.5. The van der Waals surface area contributed by atoms with Crippen molar-refractivity contribution in [1.82, 2.24) is 5.32 Å². The second-order valence-electron chi connectivity index (χ2n) is 9.49. The molecule has 1 unspecified atom stereocenters. The number of aliphatic hydroxyl groups is 1. The van der Waals surface area contributed by atoms with Crippen molar-refractivity contribution in [3.05, 3.63) is 65.5 Å². The van der Waals surface area contributed by atoms with Crippen LogP contribution in [-0.2, 0) is 19.5 Å². The second kappa shape index (κ2) is 9.19. The average molecular weight is 490 g/mol. The largest absolute Gasteiger partial charge is 0.456 e. The third kappa shape index (κ3) is 4.27. The summed E-state index contributed by atoms with van der Waals surface area (Å²) in [6.07, 6.45) is 2.38. The molecule has 0 saturated carbocycles. The van der Waals surface area contributed by atoms with Crippen LogP contribution in [-0.4, -0.2) is 44.8 Å². The maximum atomic E-state index is 14.4. The number of ether oxygens (including phenoxy) is 1. The van der Waals surface area contributed by atoms with Crippen molar-refractivity contribution in [1.29, 1.82) is 0 Å². The van der Waals surface area contributed by atoms with Gasteiger partial charge in [-0.3, -0.25) is 0 Å². The summed E-state index contributed by atoms with van der Waals surface area (Å²) in [6, 6.07) is 12.8. The summed E-state index contributed by atoms with van der Waals surface area (Å²) in [4.78, 5) is 2.25. The number of hydrogen-bond donors (Lipinski definition) is 2. The van der Waals surface area contributed by atoms with E-state index in [9.17, 15) is 17.9 Å². The van der Waals surface area contributed by atoms with Crippen LogP contribution in [0, 0.1) is 5.82 Å². The quantitative estimate of drug-likeness (QED) is 0.641. The molecule has 0 radical (unpaired) electrons. The first-order chi connectivity index (χ1) is 16.1. The van der Waals surface area contributed by atoms with Crippen LogP contribution >= 0.6 is 0 Å². The second-order valence-corrected chi connectivity index (χ2v) is 11.4. The molecular formula is C25H32FN3O4S. The standard InChI is InChI=1S/C25H32FN3O4S/c1-24(2)25(3,18-9-8-10-19(17-18)29-14-6-7-15-29)34(31,32)28-23(33-24)27-22(13-16-30)20-11-4-5-12-21(20)26/h4-5,8-12,17,22,30H,6-7,13-16H2,1-3H3,(H,27,28)/t22-,25?/m0/s1. The minimum absolute atomic E-state index is 0.152. The van der Waals surface area contributed by atoms with E-state index in [1.807, 2.05) is 18.2 Å². The number of hydrogen-bond acceptors (Lipinski definition) is 6. The Morgan fingerprint density at radius 2 is 1.85 bits per heavy atom. The summed E-state index contributed by atoms with van der Waals surface area (Å²) >= 11 is 0. The molecule has 0 aromatic heterocycles. The summed E-state index contributed by atoms with van der Waals surface area (Å²) in [5.41, 5.74) is 0.687. The molecule has 1 fully saturated rings. The average Bonchev–Trinajstić information content (AvgIpc) is 3.32. The highest BCUT2D eigenvalue weighted by molar-refractivity contribution is 7.91. The van der Waals surface area contributed by atoms with E-state index in [4.69, 9.17) is 4.74 Å². The lowest BCUT2D eigenvalue weighted by molar-refractivity contribution is 0.0393. The summed E-state index contributed by atoms with van der Waals surface area (Å²) in [7, 11) is -4.10. The number of sulfonamides is 1. The van der Waals surface area contributed by atoms with Crippen LogP contribution in [0.5, 0.6) is 0 Å².